The summed E-state index contributed by atoms with van der Waals surface area (Å²) in [4.78, 5) is 11.6. The normalized spacial score (nSPS) is 11.1. The van der Waals surface area contributed by atoms with Gasteiger partial charge >= 0.3 is 6.09 Å². The Morgan fingerprint density at radius 1 is 0.905 bits per heavy atom. The predicted molar refractivity (Wildman–Crippen MR) is 90.6 cm³/mol. The molecule has 0 radical (unpaired) electrons. The van der Waals surface area contributed by atoms with E-state index < -0.39 is 0 Å². The van der Waals surface area contributed by atoms with Gasteiger partial charge in [0.1, 0.15) is 0 Å². The van der Waals surface area contributed by atoms with Crippen LogP contribution in [0, 0.1) is 5.92 Å². The zero-order valence-corrected chi connectivity index (χ0v) is 14.7. The van der Waals surface area contributed by atoms with Gasteiger partial charge in [0.15, 0.2) is 0 Å². The average molecular weight is 299 g/mol. The van der Waals surface area contributed by atoms with Crippen molar-refractivity contribution in [3.05, 3.63) is 0 Å². The van der Waals surface area contributed by atoms with Crippen LogP contribution in [-0.4, -0.2) is 18.7 Å². The van der Waals surface area contributed by atoms with Crippen molar-refractivity contribution < 1.29 is 9.53 Å². The number of carbonyl (C=O) groups excluding carboxylic acids is 1. The molecule has 1 N–H and O–H groups in total. The topological polar surface area (TPSA) is 38.3 Å². The molecule has 0 heterocycles. The molecule has 0 spiro atoms. The molecular formula is C18H37NO2. The molecule has 0 rings (SSSR count). The fourth-order valence-electron chi connectivity index (χ4n) is 2.50. The van der Waals surface area contributed by atoms with Crippen LogP contribution in [0.1, 0.15) is 91.9 Å². The number of ether oxygens (including phenoxy) is 1. The number of nitrogens with one attached hydrogen (secondary N) is 1. The number of rotatable bonds is 13. The number of hydrogen-bond donors (Lipinski definition) is 1. The molecule has 0 unspecified atom stereocenters. The molecule has 0 aromatic heterocycles. The third kappa shape index (κ3) is 14.0. The van der Waals surface area contributed by atoms with Crippen LogP contribution >= 0.6 is 0 Å². The third-order valence-electron chi connectivity index (χ3n) is 3.79. The van der Waals surface area contributed by atoms with Gasteiger partial charge in [-0.2, -0.15) is 0 Å². The lowest BCUT2D eigenvalue weighted by Gasteiger charge is -2.18. The predicted octanol–water partition coefficient (Wildman–Crippen LogP) is 5.68. The first-order valence-corrected chi connectivity index (χ1v) is 9.03. The number of alkyl carbamates (subject to hydrolysis) is 1. The molecule has 0 aromatic rings. The number of amides is 1. The summed E-state index contributed by atoms with van der Waals surface area (Å²) in [5.74, 6) is 0.539. The van der Waals surface area contributed by atoms with Crippen molar-refractivity contribution in [1.29, 1.82) is 0 Å². The Morgan fingerprint density at radius 3 is 1.86 bits per heavy atom. The zero-order valence-electron chi connectivity index (χ0n) is 14.7. The standard InChI is InChI=1S/C18H37NO2/c1-5-7-9-11-13-17(14-12-10-8-6-2)15-21-18(20)19-16(3)4/h16-17H,5-15H2,1-4H3,(H,19,20). The van der Waals surface area contributed by atoms with Crippen LogP contribution in [0.5, 0.6) is 0 Å². The maximum Gasteiger partial charge on any atom is 0.407 e. The number of carbonyl (C=O) groups is 1. The lowest BCUT2D eigenvalue weighted by atomic mass is 9.95. The molecule has 0 aliphatic rings. The molecule has 0 atom stereocenters. The SMILES string of the molecule is CCCCCCC(CCCCCC)COC(=O)NC(C)C. The summed E-state index contributed by atoms with van der Waals surface area (Å²) in [6, 6.07) is 0.144. The van der Waals surface area contributed by atoms with Crippen molar-refractivity contribution >= 4 is 6.09 Å². The Bertz CT molecular complexity index is 229. The molecule has 0 aromatic carbocycles. The second-order valence-corrected chi connectivity index (χ2v) is 6.46. The van der Waals surface area contributed by atoms with E-state index in [2.05, 4.69) is 19.2 Å². The molecule has 0 aliphatic heterocycles. The van der Waals surface area contributed by atoms with E-state index in [-0.39, 0.29) is 12.1 Å². The van der Waals surface area contributed by atoms with Crippen LogP contribution in [-0.2, 0) is 4.74 Å². The Hall–Kier alpha value is -0.730. The lowest BCUT2D eigenvalue weighted by molar-refractivity contribution is 0.118. The zero-order chi connectivity index (χ0) is 15.9. The van der Waals surface area contributed by atoms with E-state index in [9.17, 15) is 4.79 Å². The second kappa shape index (κ2) is 14.2. The van der Waals surface area contributed by atoms with Gasteiger partial charge in [-0.25, -0.2) is 4.79 Å². The van der Waals surface area contributed by atoms with Gasteiger partial charge in [0, 0.05) is 6.04 Å². The lowest BCUT2D eigenvalue weighted by Crippen LogP contribution is -2.32. The fourth-order valence-corrected chi connectivity index (χ4v) is 2.50. The van der Waals surface area contributed by atoms with E-state index in [4.69, 9.17) is 4.74 Å². The van der Waals surface area contributed by atoms with Gasteiger partial charge in [0.25, 0.3) is 0 Å². The fraction of sp³-hybridized carbons (Fsp3) is 0.944. The molecule has 0 aliphatic carbocycles. The first kappa shape index (κ1) is 20.3. The molecule has 3 nitrogen and oxygen atoms in total. The highest BCUT2D eigenvalue weighted by Crippen LogP contribution is 2.19. The maximum atomic E-state index is 11.6. The van der Waals surface area contributed by atoms with E-state index in [1.54, 1.807) is 0 Å². The quantitative estimate of drug-likeness (QED) is 0.444. The van der Waals surface area contributed by atoms with Gasteiger partial charge in [-0.15, -0.1) is 0 Å². The van der Waals surface area contributed by atoms with E-state index >= 15 is 0 Å². The smallest absolute Gasteiger partial charge is 0.407 e. The first-order valence-electron chi connectivity index (χ1n) is 9.03. The Morgan fingerprint density at radius 2 is 1.43 bits per heavy atom. The summed E-state index contributed by atoms with van der Waals surface area (Å²) in [5.41, 5.74) is 0. The third-order valence-corrected chi connectivity index (χ3v) is 3.79. The molecule has 0 fully saturated rings. The Kier molecular flexibility index (Phi) is 13.7. The number of unbranched alkanes of at least 4 members (excludes halogenated alkanes) is 6. The monoisotopic (exact) mass is 299 g/mol. The van der Waals surface area contributed by atoms with Crippen LogP contribution in [0.25, 0.3) is 0 Å². The minimum absolute atomic E-state index is 0.144. The van der Waals surface area contributed by atoms with Crippen molar-refractivity contribution in [3.8, 4) is 0 Å². The van der Waals surface area contributed by atoms with E-state index in [1.165, 1.54) is 64.2 Å². The molecule has 0 saturated carbocycles. The summed E-state index contributed by atoms with van der Waals surface area (Å²) in [6.07, 6.45) is 12.4. The van der Waals surface area contributed by atoms with Crippen molar-refractivity contribution in [2.24, 2.45) is 5.92 Å². The average Bonchev–Trinajstić information content (AvgIpc) is 2.43. The van der Waals surface area contributed by atoms with Crippen LogP contribution in [0.2, 0.25) is 0 Å². The summed E-state index contributed by atoms with van der Waals surface area (Å²) in [5, 5.41) is 2.79. The molecule has 0 saturated heterocycles. The van der Waals surface area contributed by atoms with Gasteiger partial charge in [0.2, 0.25) is 0 Å². The highest BCUT2D eigenvalue weighted by atomic mass is 16.5. The van der Waals surface area contributed by atoms with Crippen LogP contribution in [0.15, 0.2) is 0 Å². The van der Waals surface area contributed by atoms with Gasteiger partial charge in [-0.05, 0) is 32.6 Å². The first-order chi connectivity index (χ1) is 10.1. The van der Waals surface area contributed by atoms with Crippen molar-refractivity contribution in [2.45, 2.75) is 97.9 Å². The van der Waals surface area contributed by atoms with Gasteiger partial charge in [0.05, 0.1) is 6.61 Å². The van der Waals surface area contributed by atoms with E-state index in [0.29, 0.717) is 12.5 Å². The summed E-state index contributed by atoms with van der Waals surface area (Å²) in [6.45, 7) is 8.96. The van der Waals surface area contributed by atoms with Crippen molar-refractivity contribution in [1.82, 2.24) is 5.32 Å². The van der Waals surface area contributed by atoms with Gasteiger partial charge in [-0.1, -0.05) is 65.2 Å². The van der Waals surface area contributed by atoms with Gasteiger partial charge < -0.3 is 10.1 Å². The Labute approximate surface area is 132 Å². The molecule has 21 heavy (non-hydrogen) atoms. The van der Waals surface area contributed by atoms with Crippen molar-refractivity contribution in [2.75, 3.05) is 6.61 Å². The second-order valence-electron chi connectivity index (χ2n) is 6.46. The minimum atomic E-state index is -0.267. The van der Waals surface area contributed by atoms with Crippen LogP contribution in [0.3, 0.4) is 0 Å². The van der Waals surface area contributed by atoms with Crippen LogP contribution < -0.4 is 5.32 Å². The summed E-state index contributed by atoms with van der Waals surface area (Å²) < 4.78 is 5.38. The van der Waals surface area contributed by atoms with Crippen molar-refractivity contribution in [3.63, 3.8) is 0 Å². The van der Waals surface area contributed by atoms with E-state index in [0.717, 1.165) is 0 Å². The largest absolute Gasteiger partial charge is 0.449 e. The Balaban J connectivity index is 3.95. The molecular weight excluding hydrogens is 262 g/mol. The molecule has 1 amide bonds. The highest BCUT2D eigenvalue weighted by Gasteiger charge is 2.12. The van der Waals surface area contributed by atoms with Crippen LogP contribution in [0.4, 0.5) is 4.79 Å². The number of hydrogen-bond acceptors (Lipinski definition) is 2. The minimum Gasteiger partial charge on any atom is -0.449 e. The highest BCUT2D eigenvalue weighted by molar-refractivity contribution is 5.67. The molecule has 3 heteroatoms. The summed E-state index contributed by atoms with van der Waals surface area (Å²) >= 11 is 0. The molecule has 0 bridgehead atoms. The molecule has 126 valence electrons. The maximum absolute atomic E-state index is 11.6. The van der Waals surface area contributed by atoms with Gasteiger partial charge in [-0.3, -0.25) is 0 Å². The van der Waals surface area contributed by atoms with E-state index in [1.807, 2.05) is 13.8 Å². The summed E-state index contributed by atoms with van der Waals surface area (Å²) in [7, 11) is 0.